The van der Waals surface area contributed by atoms with Crippen LogP contribution in [0.3, 0.4) is 0 Å². The second kappa shape index (κ2) is 4.96. The summed E-state index contributed by atoms with van der Waals surface area (Å²) in [7, 11) is 1.58. The van der Waals surface area contributed by atoms with E-state index in [2.05, 4.69) is 11.8 Å². The van der Waals surface area contributed by atoms with Gasteiger partial charge in [-0.1, -0.05) is 29.7 Å². The third kappa shape index (κ3) is 3.52. The van der Waals surface area contributed by atoms with Gasteiger partial charge < -0.3 is 4.74 Å². The first-order valence-corrected chi connectivity index (χ1v) is 5.14. The number of benzene rings is 1. The highest BCUT2D eigenvalue weighted by atomic mass is 16.5. The highest BCUT2D eigenvalue weighted by molar-refractivity contribution is 6.09. The monoisotopic (exact) mass is 216 g/mol. The molecule has 0 aliphatic rings. The maximum Gasteiger partial charge on any atom is 0.235 e. The molecule has 0 unspecified atom stereocenters. The van der Waals surface area contributed by atoms with Crippen LogP contribution in [0.25, 0.3) is 0 Å². The van der Waals surface area contributed by atoms with Crippen LogP contribution in [-0.2, 0) is 4.74 Å². The molecule has 0 atom stereocenters. The minimum absolute atomic E-state index is 0.172. The molecule has 2 nitrogen and oxygen atoms in total. The zero-order chi connectivity index (χ0) is 12.2. The molecule has 1 aromatic rings. The normalized spacial score (nSPS) is 10.5. The Kier molecular flexibility index (Phi) is 3.87. The molecule has 0 aromatic heterocycles. The van der Waals surface area contributed by atoms with Gasteiger partial charge in [-0.25, -0.2) is 0 Å². The van der Waals surface area contributed by atoms with Gasteiger partial charge in [0, 0.05) is 12.7 Å². The van der Waals surface area contributed by atoms with Crippen molar-refractivity contribution in [2.45, 2.75) is 26.4 Å². The average molecular weight is 216 g/mol. The van der Waals surface area contributed by atoms with E-state index in [4.69, 9.17) is 4.74 Å². The van der Waals surface area contributed by atoms with E-state index in [0.717, 1.165) is 5.56 Å². The first-order valence-electron chi connectivity index (χ1n) is 5.14. The van der Waals surface area contributed by atoms with E-state index < -0.39 is 5.60 Å². The fourth-order valence-corrected chi connectivity index (χ4v) is 1.12. The van der Waals surface area contributed by atoms with Gasteiger partial charge in [0.15, 0.2) is 0 Å². The molecule has 1 aromatic carbocycles. The summed E-state index contributed by atoms with van der Waals surface area (Å²) < 4.78 is 5.12. The zero-order valence-corrected chi connectivity index (χ0v) is 10.1. The van der Waals surface area contributed by atoms with E-state index in [1.165, 1.54) is 0 Å². The molecule has 0 saturated carbocycles. The Morgan fingerprint density at radius 2 is 2.06 bits per heavy atom. The van der Waals surface area contributed by atoms with E-state index in [-0.39, 0.29) is 5.78 Å². The highest BCUT2D eigenvalue weighted by Crippen LogP contribution is 2.07. The molecule has 0 spiro atoms. The Hall–Kier alpha value is -1.59. The fourth-order valence-electron chi connectivity index (χ4n) is 1.12. The molecule has 1 rings (SSSR count). The Bertz CT molecular complexity index is 447. The smallest absolute Gasteiger partial charge is 0.235 e. The van der Waals surface area contributed by atoms with Gasteiger partial charge in [-0.15, -0.1) is 0 Å². The Morgan fingerprint density at radius 3 is 2.62 bits per heavy atom. The van der Waals surface area contributed by atoms with Crippen LogP contribution < -0.4 is 0 Å². The summed E-state index contributed by atoms with van der Waals surface area (Å²) in [6.45, 7) is 5.59. The minimum atomic E-state index is -0.584. The molecule has 0 fully saturated rings. The maximum atomic E-state index is 11.7. The second-order valence-electron chi connectivity index (χ2n) is 4.16. The first-order chi connectivity index (χ1) is 7.44. The topological polar surface area (TPSA) is 26.3 Å². The van der Waals surface area contributed by atoms with Gasteiger partial charge in [0.2, 0.25) is 5.78 Å². The lowest BCUT2D eigenvalue weighted by Gasteiger charge is -2.13. The van der Waals surface area contributed by atoms with Crippen LogP contribution in [0.2, 0.25) is 0 Å². The number of rotatable bonds is 2. The van der Waals surface area contributed by atoms with Crippen molar-refractivity contribution in [1.82, 2.24) is 0 Å². The van der Waals surface area contributed by atoms with Gasteiger partial charge >= 0.3 is 0 Å². The van der Waals surface area contributed by atoms with Crippen molar-refractivity contribution in [2.24, 2.45) is 0 Å². The fraction of sp³-hybridized carbons (Fsp3) is 0.357. The zero-order valence-electron chi connectivity index (χ0n) is 10.1. The molecule has 0 radical (unpaired) electrons. The summed E-state index contributed by atoms with van der Waals surface area (Å²) in [5.74, 6) is 5.24. The number of carbonyl (C=O) groups excluding carboxylic acids is 1. The Labute approximate surface area is 96.6 Å². The van der Waals surface area contributed by atoms with Crippen LogP contribution in [0.5, 0.6) is 0 Å². The maximum absolute atomic E-state index is 11.7. The van der Waals surface area contributed by atoms with Gasteiger partial charge in [-0.2, -0.15) is 0 Å². The predicted molar refractivity (Wildman–Crippen MR) is 64.4 cm³/mol. The van der Waals surface area contributed by atoms with E-state index in [1.54, 1.807) is 13.2 Å². The molecule has 16 heavy (non-hydrogen) atoms. The summed E-state index contributed by atoms with van der Waals surface area (Å²) in [5, 5.41) is 0. The lowest BCUT2D eigenvalue weighted by molar-refractivity contribution is 0.0738. The lowest BCUT2D eigenvalue weighted by atomic mass is 10.1. The highest BCUT2D eigenvalue weighted by Gasteiger charge is 2.12. The van der Waals surface area contributed by atoms with Gasteiger partial charge in [-0.3, -0.25) is 4.79 Å². The van der Waals surface area contributed by atoms with Gasteiger partial charge in [0.05, 0.1) is 0 Å². The average Bonchev–Trinajstić information content (AvgIpc) is 2.26. The minimum Gasteiger partial charge on any atom is -0.366 e. The summed E-state index contributed by atoms with van der Waals surface area (Å²) in [6.07, 6.45) is 0. The van der Waals surface area contributed by atoms with Gasteiger partial charge in [0.25, 0.3) is 0 Å². The molecule has 0 N–H and O–H groups in total. The van der Waals surface area contributed by atoms with Crippen LogP contribution in [0.15, 0.2) is 24.3 Å². The van der Waals surface area contributed by atoms with Crippen LogP contribution in [0.4, 0.5) is 0 Å². The molecular weight excluding hydrogens is 200 g/mol. The predicted octanol–water partition coefficient (Wildman–Crippen LogP) is 2.61. The van der Waals surface area contributed by atoms with E-state index in [9.17, 15) is 4.79 Å². The van der Waals surface area contributed by atoms with E-state index >= 15 is 0 Å². The molecule has 0 bridgehead atoms. The third-order valence-electron chi connectivity index (χ3n) is 2.27. The molecule has 0 saturated heterocycles. The van der Waals surface area contributed by atoms with Crippen molar-refractivity contribution in [3.63, 3.8) is 0 Å². The number of Topliss-reactive ketones (excluding diaryl/α,β-unsaturated/α-hetero) is 1. The number of hydrogen-bond acceptors (Lipinski definition) is 2. The van der Waals surface area contributed by atoms with Crippen molar-refractivity contribution in [2.75, 3.05) is 7.11 Å². The standard InChI is InChI=1S/C14H16O2/c1-11-6-5-7-12(10-11)13(15)8-9-14(2,3)16-4/h5-7,10H,1-4H3. The van der Waals surface area contributed by atoms with Crippen molar-refractivity contribution in [1.29, 1.82) is 0 Å². The number of aryl methyl sites for hydroxylation is 1. The molecule has 2 heteroatoms. The van der Waals surface area contributed by atoms with E-state index in [1.807, 2.05) is 39.0 Å². The molecule has 0 aliphatic carbocycles. The number of ether oxygens (including phenoxy) is 1. The third-order valence-corrected chi connectivity index (χ3v) is 2.27. The first kappa shape index (κ1) is 12.5. The Morgan fingerprint density at radius 1 is 1.38 bits per heavy atom. The van der Waals surface area contributed by atoms with Gasteiger partial charge in [0.1, 0.15) is 5.60 Å². The van der Waals surface area contributed by atoms with Crippen LogP contribution in [0.1, 0.15) is 29.8 Å². The summed E-state index contributed by atoms with van der Waals surface area (Å²) >= 11 is 0. The van der Waals surface area contributed by atoms with Crippen LogP contribution in [0, 0.1) is 18.8 Å². The van der Waals surface area contributed by atoms with Crippen molar-refractivity contribution in [3.8, 4) is 11.8 Å². The summed E-state index contributed by atoms with van der Waals surface area (Å²) in [6, 6.07) is 7.40. The van der Waals surface area contributed by atoms with Crippen LogP contribution >= 0.6 is 0 Å². The van der Waals surface area contributed by atoms with Crippen molar-refractivity contribution < 1.29 is 9.53 Å². The number of hydrogen-bond donors (Lipinski definition) is 0. The SMILES string of the molecule is COC(C)(C)C#CC(=O)c1cccc(C)c1. The molecule has 0 aliphatic heterocycles. The summed E-state index contributed by atoms with van der Waals surface area (Å²) in [4.78, 5) is 11.7. The van der Waals surface area contributed by atoms with Crippen molar-refractivity contribution in [3.05, 3.63) is 35.4 Å². The largest absolute Gasteiger partial charge is 0.366 e. The molecule has 84 valence electrons. The second-order valence-corrected chi connectivity index (χ2v) is 4.16. The van der Waals surface area contributed by atoms with Crippen LogP contribution in [-0.4, -0.2) is 18.5 Å². The number of ketones is 1. The van der Waals surface area contributed by atoms with E-state index in [0.29, 0.717) is 5.56 Å². The molecule has 0 amide bonds. The number of carbonyl (C=O) groups is 1. The Balaban J connectivity index is 2.88. The number of methoxy groups -OCH3 is 1. The summed E-state index contributed by atoms with van der Waals surface area (Å²) in [5.41, 5.74) is 1.09. The quantitative estimate of drug-likeness (QED) is 0.431. The lowest BCUT2D eigenvalue weighted by Crippen LogP contribution is -2.19. The molecule has 0 heterocycles. The van der Waals surface area contributed by atoms with Gasteiger partial charge in [-0.05, 0) is 32.8 Å². The molecular formula is C14H16O2. The van der Waals surface area contributed by atoms with Crippen molar-refractivity contribution >= 4 is 5.78 Å².